The van der Waals surface area contributed by atoms with Crippen molar-refractivity contribution in [1.29, 1.82) is 0 Å². The first-order valence-electron chi connectivity index (χ1n) is 11.6. The molecule has 1 heterocycles. The molecule has 1 aliphatic heterocycles. The van der Waals surface area contributed by atoms with E-state index in [9.17, 15) is 14.7 Å². The van der Waals surface area contributed by atoms with Crippen molar-refractivity contribution < 1.29 is 19.4 Å². The van der Waals surface area contributed by atoms with Gasteiger partial charge in [-0.1, -0.05) is 45.0 Å². The molecule has 2 aromatic rings. The highest BCUT2D eigenvalue weighted by Gasteiger charge is 2.58. The molecule has 0 radical (unpaired) electrons. The van der Waals surface area contributed by atoms with Gasteiger partial charge in [-0.15, -0.1) is 0 Å². The van der Waals surface area contributed by atoms with Crippen LogP contribution in [-0.2, 0) is 9.53 Å². The summed E-state index contributed by atoms with van der Waals surface area (Å²) in [6.45, 7) is 6.43. The van der Waals surface area contributed by atoms with Gasteiger partial charge in [0, 0.05) is 23.5 Å². The van der Waals surface area contributed by atoms with Gasteiger partial charge in [0.1, 0.15) is 11.9 Å². The van der Waals surface area contributed by atoms with Crippen LogP contribution in [0, 0.1) is 29.1 Å². The summed E-state index contributed by atoms with van der Waals surface area (Å²) in [5.41, 5.74) is 3.92. The molecule has 6 nitrogen and oxygen atoms in total. The van der Waals surface area contributed by atoms with E-state index in [1.807, 2.05) is 31.2 Å². The number of phenols is 1. The summed E-state index contributed by atoms with van der Waals surface area (Å²) < 4.78 is 5.87. The average molecular weight is 435 g/mol. The number of phenolic OH excluding ortho intramolecular Hbond substituents is 1. The fraction of sp³-hybridized carbons (Fsp3) is 0.500. The van der Waals surface area contributed by atoms with Crippen molar-refractivity contribution >= 4 is 28.4 Å². The number of amides is 1. The van der Waals surface area contributed by atoms with Gasteiger partial charge in [0.05, 0.1) is 11.5 Å². The lowest BCUT2D eigenvalue weighted by Crippen LogP contribution is -2.52. The summed E-state index contributed by atoms with van der Waals surface area (Å²) in [7, 11) is 0. The molecule has 2 aliphatic carbocycles. The molecule has 1 amide bonds. The molecule has 6 heteroatoms. The molecule has 168 valence electrons. The lowest BCUT2D eigenvalue weighted by molar-refractivity contribution is -0.150. The van der Waals surface area contributed by atoms with Crippen LogP contribution in [-0.4, -0.2) is 28.8 Å². The number of fused-ring (bicyclic) bond motifs is 4. The maximum Gasteiger partial charge on any atom is 0.309 e. The van der Waals surface area contributed by atoms with Crippen LogP contribution in [0.1, 0.15) is 56.8 Å². The van der Waals surface area contributed by atoms with Crippen molar-refractivity contribution in [3.8, 4) is 5.75 Å². The maximum atomic E-state index is 12.8. The van der Waals surface area contributed by atoms with Gasteiger partial charge in [0.25, 0.3) is 5.91 Å². The third-order valence-corrected chi connectivity index (χ3v) is 8.32. The third-order valence-electron chi connectivity index (χ3n) is 8.32. The van der Waals surface area contributed by atoms with Crippen LogP contribution < -0.4 is 5.43 Å². The Kier molecular flexibility index (Phi) is 4.99. The standard InChI is InChI=1S/C26H30N2O4/c1-14-18-8-10-26(3)11-9-20(15(2)22(26)23(18)32-25(14)31)27-28-24(30)19-12-16-6-4-5-7-17(16)13-21(19)29/h4-7,12-15,18,22-23,29H,8-11H2,1-3H3,(H,28,30)/b27-20+/t14-,15-,18+,22+,23-,26+/m1/s1. The monoisotopic (exact) mass is 434 g/mol. The number of ether oxygens (including phenoxy) is 1. The molecule has 2 N–H and O–H groups in total. The minimum atomic E-state index is -0.427. The molecule has 0 unspecified atom stereocenters. The fourth-order valence-corrected chi connectivity index (χ4v) is 6.38. The minimum absolute atomic E-state index is 0.0466. The third kappa shape index (κ3) is 3.28. The molecule has 2 saturated carbocycles. The van der Waals surface area contributed by atoms with Gasteiger partial charge in [-0.25, -0.2) is 5.43 Å². The van der Waals surface area contributed by atoms with Gasteiger partial charge < -0.3 is 9.84 Å². The van der Waals surface area contributed by atoms with Gasteiger partial charge in [-0.3, -0.25) is 9.59 Å². The van der Waals surface area contributed by atoms with Crippen LogP contribution in [0.25, 0.3) is 10.8 Å². The van der Waals surface area contributed by atoms with Crippen molar-refractivity contribution in [2.24, 2.45) is 34.2 Å². The Hall–Kier alpha value is -2.89. The highest BCUT2D eigenvalue weighted by molar-refractivity contribution is 6.02. The quantitative estimate of drug-likeness (QED) is 0.532. The molecule has 3 fully saturated rings. The summed E-state index contributed by atoms with van der Waals surface area (Å²) in [6.07, 6.45) is 3.82. The van der Waals surface area contributed by atoms with E-state index >= 15 is 0 Å². The summed E-state index contributed by atoms with van der Waals surface area (Å²) in [6, 6.07) is 10.9. The second-order valence-electron chi connectivity index (χ2n) is 10.1. The normalized spacial score (nSPS) is 35.3. The molecule has 0 aromatic heterocycles. The first-order valence-corrected chi connectivity index (χ1v) is 11.6. The van der Waals surface area contributed by atoms with E-state index in [2.05, 4.69) is 24.4 Å². The van der Waals surface area contributed by atoms with E-state index < -0.39 is 5.91 Å². The second kappa shape index (κ2) is 7.61. The number of hydrogen-bond acceptors (Lipinski definition) is 5. The lowest BCUT2D eigenvalue weighted by Gasteiger charge is -2.52. The lowest BCUT2D eigenvalue weighted by atomic mass is 9.53. The average Bonchev–Trinajstić information content (AvgIpc) is 3.05. The molecule has 0 bridgehead atoms. The molecule has 32 heavy (non-hydrogen) atoms. The van der Waals surface area contributed by atoms with Crippen molar-refractivity contribution in [3.63, 3.8) is 0 Å². The first kappa shape index (κ1) is 21.0. The molecule has 1 saturated heterocycles. The highest BCUT2D eigenvalue weighted by Crippen LogP contribution is 2.57. The van der Waals surface area contributed by atoms with Gasteiger partial charge in [-0.2, -0.15) is 5.10 Å². The fourth-order valence-electron chi connectivity index (χ4n) is 6.38. The van der Waals surface area contributed by atoms with Crippen LogP contribution in [0.15, 0.2) is 41.5 Å². The van der Waals surface area contributed by atoms with E-state index in [-0.39, 0.29) is 52.5 Å². The zero-order valence-corrected chi connectivity index (χ0v) is 18.8. The number of nitrogens with zero attached hydrogens (tertiary/aromatic N) is 1. The van der Waals surface area contributed by atoms with Crippen LogP contribution in [0.5, 0.6) is 5.75 Å². The summed E-state index contributed by atoms with van der Waals surface area (Å²) in [4.78, 5) is 25.1. The van der Waals surface area contributed by atoms with Gasteiger partial charge in [-0.05, 0) is 54.0 Å². The molecular weight excluding hydrogens is 404 g/mol. The largest absolute Gasteiger partial charge is 0.507 e. The van der Waals surface area contributed by atoms with E-state index in [0.29, 0.717) is 0 Å². The molecule has 2 aromatic carbocycles. The molecule has 3 aliphatic rings. The molecule has 6 atom stereocenters. The van der Waals surface area contributed by atoms with Crippen molar-refractivity contribution in [2.75, 3.05) is 0 Å². The number of carbonyl (C=O) groups is 2. The van der Waals surface area contributed by atoms with Gasteiger partial charge in [0.2, 0.25) is 0 Å². The Morgan fingerprint density at radius 3 is 2.62 bits per heavy atom. The zero-order chi connectivity index (χ0) is 22.6. The molecule has 5 rings (SSSR count). The first-order chi connectivity index (χ1) is 15.3. The van der Waals surface area contributed by atoms with E-state index in [1.165, 1.54) is 0 Å². The second-order valence-corrected chi connectivity index (χ2v) is 10.1. The number of carbonyl (C=O) groups excluding carboxylic acids is 2. The van der Waals surface area contributed by atoms with Crippen molar-refractivity contribution in [1.82, 2.24) is 5.43 Å². The number of aromatic hydroxyl groups is 1. The van der Waals surface area contributed by atoms with Crippen molar-refractivity contribution in [3.05, 3.63) is 42.0 Å². The number of hydrogen-bond donors (Lipinski definition) is 2. The molecule has 0 spiro atoms. The molecular formula is C26H30N2O4. The van der Waals surface area contributed by atoms with Crippen LogP contribution in [0.4, 0.5) is 0 Å². The number of benzene rings is 2. The maximum absolute atomic E-state index is 12.8. The smallest absolute Gasteiger partial charge is 0.309 e. The SMILES string of the molecule is C[C@@H]1/C(=N/NC(=O)c2cc3ccccc3cc2O)CC[C@]2(C)CC[C@@H]3[C@@H](OC(=O)[C@@H]3C)[C@H]12. The Balaban J connectivity index is 1.38. The minimum Gasteiger partial charge on any atom is -0.507 e. The number of nitrogens with one attached hydrogen (secondary N) is 1. The van der Waals surface area contributed by atoms with Crippen LogP contribution >= 0.6 is 0 Å². The highest BCUT2D eigenvalue weighted by atomic mass is 16.6. The number of rotatable bonds is 2. The topological polar surface area (TPSA) is 88.0 Å². The Bertz CT molecular complexity index is 1130. The number of esters is 1. The van der Waals surface area contributed by atoms with E-state index in [1.54, 1.807) is 12.1 Å². The summed E-state index contributed by atoms with van der Waals surface area (Å²) >= 11 is 0. The zero-order valence-electron chi connectivity index (χ0n) is 18.8. The van der Waals surface area contributed by atoms with Gasteiger partial charge in [0.15, 0.2) is 0 Å². The van der Waals surface area contributed by atoms with Gasteiger partial charge >= 0.3 is 5.97 Å². The van der Waals surface area contributed by atoms with Crippen LogP contribution in [0.3, 0.4) is 0 Å². The Morgan fingerprint density at radius 1 is 1.16 bits per heavy atom. The van der Waals surface area contributed by atoms with E-state index in [0.717, 1.165) is 42.2 Å². The van der Waals surface area contributed by atoms with E-state index in [4.69, 9.17) is 4.74 Å². The Morgan fingerprint density at radius 2 is 1.88 bits per heavy atom. The van der Waals surface area contributed by atoms with Crippen molar-refractivity contribution in [2.45, 2.75) is 52.6 Å². The predicted octanol–water partition coefficient (Wildman–Crippen LogP) is 4.66. The summed E-state index contributed by atoms with van der Waals surface area (Å²) in [5, 5.41) is 16.6. The summed E-state index contributed by atoms with van der Waals surface area (Å²) in [5.74, 6) is -0.0445. The Labute approximate surface area is 188 Å². The van der Waals surface area contributed by atoms with Crippen LogP contribution in [0.2, 0.25) is 0 Å². The predicted molar refractivity (Wildman–Crippen MR) is 122 cm³/mol. The number of hydrazone groups is 1.